The first-order chi connectivity index (χ1) is 32.7. The van der Waals surface area contributed by atoms with Crippen molar-refractivity contribution in [3.63, 3.8) is 0 Å². The van der Waals surface area contributed by atoms with Crippen LogP contribution in [0.15, 0.2) is 231 Å². The van der Waals surface area contributed by atoms with Gasteiger partial charge in [0.25, 0.3) is 0 Å². The van der Waals surface area contributed by atoms with Gasteiger partial charge in [0.2, 0.25) is 0 Å². The maximum Gasteiger partial charge on any atom is 0.0972 e. The molecule has 0 aliphatic rings. The summed E-state index contributed by atoms with van der Waals surface area (Å²) in [6.45, 7) is 0. The van der Waals surface area contributed by atoms with Crippen LogP contribution >= 0.6 is 0 Å². The normalized spacial score (nSPS) is 11.6. The van der Waals surface area contributed by atoms with Crippen molar-refractivity contribution < 1.29 is 0 Å². The summed E-state index contributed by atoms with van der Waals surface area (Å²) in [7, 11) is 0. The molecule has 0 saturated carbocycles. The van der Waals surface area contributed by atoms with Crippen LogP contribution in [-0.2, 0) is 0 Å². The van der Waals surface area contributed by atoms with Crippen molar-refractivity contribution in [1.29, 1.82) is 0 Å². The zero-order valence-corrected chi connectivity index (χ0v) is 35.7. The second kappa shape index (κ2) is 15.4. The van der Waals surface area contributed by atoms with Crippen molar-refractivity contribution in [3.05, 3.63) is 231 Å². The number of hydrogen-bond acceptors (Lipinski definition) is 4. The van der Waals surface area contributed by atoms with Crippen LogP contribution in [0.5, 0.6) is 0 Å². The van der Waals surface area contributed by atoms with Gasteiger partial charge in [0, 0.05) is 43.8 Å². The monoisotopic (exact) mass is 838 g/mol. The van der Waals surface area contributed by atoms with Crippen LogP contribution in [0.25, 0.3) is 132 Å². The quantitative estimate of drug-likeness (QED) is 0.157. The van der Waals surface area contributed by atoms with Crippen molar-refractivity contribution in [2.24, 2.45) is 0 Å². The van der Waals surface area contributed by atoms with E-state index in [4.69, 9.17) is 19.9 Å². The Morgan fingerprint density at radius 1 is 0.182 bits per heavy atom. The van der Waals surface area contributed by atoms with Gasteiger partial charge in [-0.05, 0) is 68.1 Å². The molecule has 13 rings (SSSR count). The first kappa shape index (κ1) is 37.7. The van der Waals surface area contributed by atoms with Crippen molar-refractivity contribution in [2.75, 3.05) is 0 Å². The Labute approximate surface area is 381 Å². The Morgan fingerprint density at radius 3 is 0.879 bits per heavy atom. The predicted octanol–water partition coefficient (Wildman–Crippen LogP) is 16.2. The molecule has 0 amide bonds. The molecule has 0 saturated heterocycles. The van der Waals surface area contributed by atoms with Gasteiger partial charge in [-0.1, -0.05) is 206 Å². The molecule has 66 heavy (non-hydrogen) atoms. The van der Waals surface area contributed by atoms with Crippen molar-refractivity contribution in [1.82, 2.24) is 19.9 Å². The summed E-state index contributed by atoms with van der Waals surface area (Å²) in [6, 6.07) is 81.6. The maximum absolute atomic E-state index is 5.26. The predicted molar refractivity (Wildman–Crippen MR) is 275 cm³/mol. The number of aromatic nitrogens is 4. The van der Waals surface area contributed by atoms with E-state index in [0.29, 0.717) is 0 Å². The van der Waals surface area contributed by atoms with E-state index >= 15 is 0 Å². The van der Waals surface area contributed by atoms with Crippen LogP contribution in [0.3, 0.4) is 0 Å². The third-order valence-corrected chi connectivity index (χ3v) is 13.1. The summed E-state index contributed by atoms with van der Waals surface area (Å²) in [4.78, 5) is 21.0. The highest BCUT2D eigenvalue weighted by molar-refractivity contribution is 6.07. The van der Waals surface area contributed by atoms with E-state index in [1.807, 2.05) is 0 Å². The smallest absolute Gasteiger partial charge is 0.0972 e. The zero-order valence-electron chi connectivity index (χ0n) is 35.7. The highest BCUT2D eigenvalue weighted by Crippen LogP contribution is 2.37. The lowest BCUT2D eigenvalue weighted by atomic mass is 9.93. The minimum Gasteiger partial charge on any atom is -0.245 e. The second-order valence-corrected chi connectivity index (χ2v) is 17.0. The van der Waals surface area contributed by atoms with Gasteiger partial charge in [-0.3, -0.25) is 0 Å². The first-order valence-electron chi connectivity index (χ1n) is 22.4. The number of pyridine rings is 4. The lowest BCUT2D eigenvalue weighted by Gasteiger charge is -2.12. The molecule has 0 aliphatic carbocycles. The number of benzene rings is 9. The largest absolute Gasteiger partial charge is 0.245 e. The fourth-order valence-electron chi connectivity index (χ4n) is 9.68. The van der Waals surface area contributed by atoms with E-state index < -0.39 is 0 Å². The zero-order chi connectivity index (χ0) is 43.6. The molecule has 0 radical (unpaired) electrons. The third kappa shape index (κ3) is 6.46. The molecule has 4 aromatic heterocycles. The fraction of sp³-hybridized carbons (Fsp3) is 0. The maximum atomic E-state index is 5.26. The van der Waals surface area contributed by atoms with Crippen LogP contribution in [0.4, 0.5) is 0 Å². The lowest BCUT2D eigenvalue weighted by Crippen LogP contribution is -1.92. The van der Waals surface area contributed by atoms with Crippen LogP contribution in [-0.4, -0.2) is 19.9 Å². The lowest BCUT2D eigenvalue weighted by molar-refractivity contribution is 1.37. The van der Waals surface area contributed by atoms with E-state index in [-0.39, 0.29) is 0 Å². The second-order valence-electron chi connectivity index (χ2n) is 17.0. The minimum absolute atomic E-state index is 0.903. The third-order valence-electron chi connectivity index (χ3n) is 13.1. The molecule has 4 nitrogen and oxygen atoms in total. The minimum atomic E-state index is 0.903. The van der Waals surface area contributed by atoms with Crippen molar-refractivity contribution in [2.45, 2.75) is 0 Å². The SMILES string of the molecule is c1ccc(-c2ccc(-c3ccc4ccc5ccc(-c6cccc7ccccc67)nc5c4n3)cc2)c(-c2ccc(-c3ccc4ccc5ccc(-c6cccc7ccccc67)nc5c4n3)cc2)c1. The van der Waals surface area contributed by atoms with Gasteiger partial charge < -0.3 is 0 Å². The number of nitrogens with zero attached hydrogens (tertiary/aromatic N) is 4. The van der Waals surface area contributed by atoms with Gasteiger partial charge in [0.05, 0.1) is 44.8 Å². The molecule has 0 bridgehead atoms. The highest BCUT2D eigenvalue weighted by Gasteiger charge is 2.14. The topological polar surface area (TPSA) is 51.6 Å². The van der Waals surface area contributed by atoms with Crippen molar-refractivity contribution in [3.8, 4) is 67.3 Å². The molecule has 9 aromatic carbocycles. The Hall–Kier alpha value is -8.86. The van der Waals surface area contributed by atoms with E-state index in [1.165, 1.54) is 32.7 Å². The molecule has 0 spiro atoms. The molecule has 0 atom stereocenters. The Kier molecular flexibility index (Phi) is 8.81. The fourth-order valence-corrected chi connectivity index (χ4v) is 9.68. The molecular weight excluding hydrogens is 801 g/mol. The van der Waals surface area contributed by atoms with E-state index in [9.17, 15) is 0 Å². The summed E-state index contributed by atoms with van der Waals surface area (Å²) in [6.07, 6.45) is 0. The molecule has 13 aromatic rings. The van der Waals surface area contributed by atoms with Crippen molar-refractivity contribution >= 4 is 65.2 Å². The summed E-state index contributed by atoms with van der Waals surface area (Å²) < 4.78 is 0. The van der Waals surface area contributed by atoms with E-state index in [0.717, 1.165) is 99.8 Å². The van der Waals surface area contributed by atoms with Crippen LogP contribution in [0, 0.1) is 0 Å². The van der Waals surface area contributed by atoms with Crippen LogP contribution in [0.1, 0.15) is 0 Å². The van der Waals surface area contributed by atoms with E-state index in [1.54, 1.807) is 0 Å². The van der Waals surface area contributed by atoms with Gasteiger partial charge in [0.15, 0.2) is 0 Å². The molecule has 0 unspecified atom stereocenters. The summed E-state index contributed by atoms with van der Waals surface area (Å²) in [5, 5.41) is 9.07. The van der Waals surface area contributed by atoms with Gasteiger partial charge in [0.1, 0.15) is 0 Å². The Balaban J connectivity index is 0.808. The van der Waals surface area contributed by atoms with Crippen LogP contribution in [0.2, 0.25) is 0 Å². The number of hydrogen-bond donors (Lipinski definition) is 0. The Bertz CT molecular complexity index is 3770. The number of fused-ring (bicyclic) bond motifs is 8. The summed E-state index contributed by atoms with van der Waals surface area (Å²) in [5.41, 5.74) is 16.3. The molecule has 4 heterocycles. The molecular formula is C62H38N4. The van der Waals surface area contributed by atoms with Gasteiger partial charge in [-0.2, -0.15) is 0 Å². The first-order valence-corrected chi connectivity index (χ1v) is 22.4. The van der Waals surface area contributed by atoms with Gasteiger partial charge in [-0.25, -0.2) is 19.9 Å². The summed E-state index contributed by atoms with van der Waals surface area (Å²) in [5.74, 6) is 0. The number of rotatable bonds is 6. The standard InChI is InChI=1S/C62H38N4/c1-3-15-51-39(9-1)11-7-17-53(51)57-37-33-47-29-27-45-31-35-55(63-59(45)61(47)65-57)43-23-19-41(20-24-43)49-13-5-6-14-50(49)42-21-25-44(26-22-42)56-36-32-46-28-30-48-34-38-58(66-62(48)60(46)64-56)54-18-8-12-40-10-2-4-16-52(40)54/h1-38H. The molecule has 0 aliphatic heterocycles. The summed E-state index contributed by atoms with van der Waals surface area (Å²) >= 11 is 0. The van der Waals surface area contributed by atoms with E-state index in [2.05, 4.69) is 231 Å². The van der Waals surface area contributed by atoms with Crippen LogP contribution < -0.4 is 0 Å². The average molecular weight is 839 g/mol. The molecule has 4 heteroatoms. The van der Waals surface area contributed by atoms with Gasteiger partial charge >= 0.3 is 0 Å². The molecule has 306 valence electrons. The average Bonchev–Trinajstić information content (AvgIpc) is 3.40. The Morgan fingerprint density at radius 2 is 0.470 bits per heavy atom. The molecule has 0 N–H and O–H groups in total. The molecule has 0 fully saturated rings. The van der Waals surface area contributed by atoms with Gasteiger partial charge in [-0.15, -0.1) is 0 Å². The highest BCUT2D eigenvalue weighted by atomic mass is 14.8.